The molecule has 0 aliphatic rings. The van der Waals surface area contributed by atoms with Gasteiger partial charge in [0.25, 0.3) is 5.91 Å². The van der Waals surface area contributed by atoms with Crippen molar-refractivity contribution >= 4 is 34.3 Å². The molecule has 6 heteroatoms. The number of nitrogen functional groups attached to an aromatic ring is 1. The molecule has 1 unspecified atom stereocenters. The van der Waals surface area contributed by atoms with Gasteiger partial charge in [0, 0.05) is 35.1 Å². The molecule has 2 rings (SSSR count). The van der Waals surface area contributed by atoms with Crippen LogP contribution in [0.3, 0.4) is 0 Å². The molecule has 1 aromatic heterocycles. The van der Waals surface area contributed by atoms with Gasteiger partial charge >= 0.3 is 0 Å². The lowest BCUT2D eigenvalue weighted by molar-refractivity contribution is 0.0726. The number of hydrogen-bond acceptors (Lipinski definition) is 4. The van der Waals surface area contributed by atoms with E-state index in [2.05, 4.69) is 10.3 Å². The minimum Gasteiger partial charge on any atom is -0.399 e. The van der Waals surface area contributed by atoms with Crippen molar-refractivity contribution in [3.05, 3.63) is 30.0 Å². The Labute approximate surface area is 121 Å². The molecule has 0 radical (unpaired) electrons. The normalized spacial score (nSPS) is 14.2. The standard InChI is InChI=1S/C14H19N3O2S/c1-14(19,8-20-2)7-17-13(18)11-6-16-12-4-3-9(15)5-10(11)12/h3-6,16,19H,7-8,15H2,1-2H3,(H,17,18). The first-order valence-electron chi connectivity index (χ1n) is 6.29. The first-order valence-corrected chi connectivity index (χ1v) is 7.68. The average molecular weight is 293 g/mol. The molecule has 0 bridgehead atoms. The molecule has 1 atom stereocenters. The Hall–Kier alpha value is -1.66. The molecular formula is C14H19N3O2S. The quantitative estimate of drug-likeness (QED) is 0.630. The summed E-state index contributed by atoms with van der Waals surface area (Å²) in [4.78, 5) is 15.2. The zero-order valence-electron chi connectivity index (χ0n) is 11.6. The number of aromatic nitrogens is 1. The van der Waals surface area contributed by atoms with E-state index < -0.39 is 5.60 Å². The minimum absolute atomic E-state index is 0.210. The summed E-state index contributed by atoms with van der Waals surface area (Å²) in [6.45, 7) is 1.92. The SMILES string of the molecule is CSCC(C)(O)CNC(=O)c1c[nH]c2ccc(N)cc12. The van der Waals surface area contributed by atoms with Crippen LogP contribution in [-0.2, 0) is 0 Å². The summed E-state index contributed by atoms with van der Waals surface area (Å²) in [6, 6.07) is 5.38. The van der Waals surface area contributed by atoms with Crippen LogP contribution in [0.4, 0.5) is 5.69 Å². The van der Waals surface area contributed by atoms with Crippen LogP contribution in [0.15, 0.2) is 24.4 Å². The number of carbonyl (C=O) groups excluding carboxylic acids is 1. The fraction of sp³-hybridized carbons (Fsp3) is 0.357. The van der Waals surface area contributed by atoms with Gasteiger partial charge in [0.15, 0.2) is 0 Å². The van der Waals surface area contributed by atoms with Crippen LogP contribution in [0.25, 0.3) is 10.9 Å². The number of carbonyl (C=O) groups is 1. The maximum Gasteiger partial charge on any atom is 0.253 e. The van der Waals surface area contributed by atoms with Crippen LogP contribution in [0.2, 0.25) is 0 Å². The average Bonchev–Trinajstić information content (AvgIpc) is 2.79. The number of thioether (sulfide) groups is 1. The zero-order valence-corrected chi connectivity index (χ0v) is 12.4. The van der Waals surface area contributed by atoms with Gasteiger partial charge in [0.1, 0.15) is 0 Å². The van der Waals surface area contributed by atoms with Gasteiger partial charge in [0.2, 0.25) is 0 Å². The number of nitrogens with two attached hydrogens (primary N) is 1. The first kappa shape index (κ1) is 14.7. The van der Waals surface area contributed by atoms with Crippen molar-refractivity contribution in [3.8, 4) is 0 Å². The number of nitrogens with one attached hydrogen (secondary N) is 2. The van der Waals surface area contributed by atoms with Gasteiger partial charge in [0.05, 0.1) is 11.2 Å². The molecule has 1 heterocycles. The molecule has 0 aliphatic heterocycles. The molecule has 0 aliphatic carbocycles. The second-order valence-electron chi connectivity index (χ2n) is 5.12. The van der Waals surface area contributed by atoms with Crippen molar-refractivity contribution in [1.82, 2.24) is 10.3 Å². The van der Waals surface area contributed by atoms with Crippen LogP contribution in [-0.4, -0.2) is 40.2 Å². The first-order chi connectivity index (χ1) is 9.43. The summed E-state index contributed by atoms with van der Waals surface area (Å²) in [5.74, 6) is 0.344. The molecule has 108 valence electrons. The highest BCUT2D eigenvalue weighted by Gasteiger charge is 2.21. The summed E-state index contributed by atoms with van der Waals surface area (Å²) >= 11 is 1.54. The maximum absolute atomic E-state index is 12.2. The van der Waals surface area contributed by atoms with Crippen LogP contribution < -0.4 is 11.1 Å². The number of aliphatic hydroxyl groups is 1. The van der Waals surface area contributed by atoms with E-state index in [-0.39, 0.29) is 12.5 Å². The summed E-state index contributed by atoms with van der Waals surface area (Å²) in [5, 5.41) is 13.6. The summed E-state index contributed by atoms with van der Waals surface area (Å²) in [6.07, 6.45) is 3.57. The van der Waals surface area contributed by atoms with Crippen LogP contribution >= 0.6 is 11.8 Å². The smallest absolute Gasteiger partial charge is 0.253 e. The van der Waals surface area contributed by atoms with Crippen molar-refractivity contribution in [2.75, 3.05) is 24.3 Å². The lowest BCUT2D eigenvalue weighted by atomic mass is 10.1. The van der Waals surface area contributed by atoms with Crippen molar-refractivity contribution < 1.29 is 9.90 Å². The van der Waals surface area contributed by atoms with E-state index in [4.69, 9.17) is 5.73 Å². The largest absolute Gasteiger partial charge is 0.399 e. The van der Waals surface area contributed by atoms with Crippen LogP contribution in [0.1, 0.15) is 17.3 Å². The Kier molecular flexibility index (Phi) is 4.25. The van der Waals surface area contributed by atoms with Crippen LogP contribution in [0.5, 0.6) is 0 Å². The van der Waals surface area contributed by atoms with Crippen molar-refractivity contribution in [1.29, 1.82) is 0 Å². The molecule has 20 heavy (non-hydrogen) atoms. The number of hydrogen-bond donors (Lipinski definition) is 4. The van der Waals surface area contributed by atoms with E-state index in [1.54, 1.807) is 25.3 Å². The summed E-state index contributed by atoms with van der Waals surface area (Å²) in [5.41, 5.74) is 6.84. The van der Waals surface area contributed by atoms with E-state index >= 15 is 0 Å². The minimum atomic E-state index is -0.916. The summed E-state index contributed by atoms with van der Waals surface area (Å²) in [7, 11) is 0. The number of rotatable bonds is 5. The van der Waals surface area contributed by atoms with E-state index in [0.29, 0.717) is 17.0 Å². The lowest BCUT2D eigenvalue weighted by Crippen LogP contribution is -2.42. The second-order valence-corrected chi connectivity index (χ2v) is 5.99. The molecule has 0 fully saturated rings. The fourth-order valence-electron chi connectivity index (χ4n) is 2.05. The molecule has 5 N–H and O–H groups in total. The van der Waals surface area contributed by atoms with Gasteiger partial charge in [-0.25, -0.2) is 0 Å². The highest BCUT2D eigenvalue weighted by molar-refractivity contribution is 7.98. The molecule has 0 saturated carbocycles. The third-order valence-corrected chi connectivity index (χ3v) is 3.95. The van der Waals surface area contributed by atoms with Gasteiger partial charge in [-0.3, -0.25) is 4.79 Å². The molecule has 1 amide bonds. The Balaban J connectivity index is 2.14. The lowest BCUT2D eigenvalue weighted by Gasteiger charge is -2.22. The maximum atomic E-state index is 12.2. The highest BCUT2D eigenvalue weighted by Crippen LogP contribution is 2.21. The predicted molar refractivity (Wildman–Crippen MR) is 84.1 cm³/mol. The Morgan fingerprint density at radius 3 is 3.00 bits per heavy atom. The third-order valence-electron chi connectivity index (χ3n) is 3.04. The Morgan fingerprint density at radius 2 is 2.30 bits per heavy atom. The van der Waals surface area contributed by atoms with Crippen molar-refractivity contribution in [2.45, 2.75) is 12.5 Å². The Bertz CT molecular complexity index is 622. The molecular weight excluding hydrogens is 274 g/mol. The van der Waals surface area contributed by atoms with Crippen molar-refractivity contribution in [3.63, 3.8) is 0 Å². The molecule has 0 spiro atoms. The number of benzene rings is 1. The number of H-pyrrole nitrogens is 1. The molecule has 2 aromatic rings. The Morgan fingerprint density at radius 1 is 1.55 bits per heavy atom. The van der Waals surface area contributed by atoms with Gasteiger partial charge in [-0.1, -0.05) is 0 Å². The van der Waals surface area contributed by atoms with Gasteiger partial charge in [-0.2, -0.15) is 11.8 Å². The molecule has 0 saturated heterocycles. The van der Waals surface area contributed by atoms with E-state index in [1.807, 2.05) is 12.3 Å². The molecule has 1 aromatic carbocycles. The molecule has 5 nitrogen and oxygen atoms in total. The fourth-order valence-corrected chi connectivity index (χ4v) is 2.78. The number of amides is 1. The number of aromatic amines is 1. The monoisotopic (exact) mass is 293 g/mol. The number of anilines is 1. The van der Waals surface area contributed by atoms with Gasteiger partial charge < -0.3 is 21.1 Å². The van der Waals surface area contributed by atoms with Gasteiger partial charge in [-0.15, -0.1) is 0 Å². The zero-order chi connectivity index (χ0) is 14.8. The number of fused-ring (bicyclic) bond motifs is 1. The summed E-state index contributed by atoms with van der Waals surface area (Å²) < 4.78 is 0. The van der Waals surface area contributed by atoms with E-state index in [1.165, 1.54) is 11.8 Å². The van der Waals surface area contributed by atoms with E-state index in [9.17, 15) is 9.90 Å². The second kappa shape index (κ2) is 5.76. The van der Waals surface area contributed by atoms with Crippen molar-refractivity contribution in [2.24, 2.45) is 0 Å². The topological polar surface area (TPSA) is 91.1 Å². The third kappa shape index (κ3) is 3.26. The highest BCUT2D eigenvalue weighted by atomic mass is 32.2. The van der Waals surface area contributed by atoms with Gasteiger partial charge in [-0.05, 0) is 31.4 Å². The predicted octanol–water partition coefficient (Wildman–Crippen LogP) is 1.59. The van der Waals surface area contributed by atoms with E-state index in [0.717, 1.165) is 10.9 Å². The van der Waals surface area contributed by atoms with Crippen LogP contribution in [0, 0.1) is 0 Å².